The smallest absolute Gasteiger partial charge is 0.221 e. The van der Waals surface area contributed by atoms with Gasteiger partial charge in [-0.05, 0) is 79.8 Å². The second-order valence-corrected chi connectivity index (χ2v) is 8.56. The number of carbonyl (C=O) groups excluding carboxylic acids is 1. The summed E-state index contributed by atoms with van der Waals surface area (Å²) in [5, 5.41) is 6.93. The molecule has 4 heterocycles. The van der Waals surface area contributed by atoms with E-state index in [0.717, 1.165) is 34.1 Å². The number of thiocarbonyl (C=S) groups is 1. The Morgan fingerprint density at radius 1 is 1.00 bits per heavy atom. The number of pyridine rings is 2. The average molecular weight is 469 g/mol. The van der Waals surface area contributed by atoms with Gasteiger partial charge in [0.1, 0.15) is 6.04 Å². The summed E-state index contributed by atoms with van der Waals surface area (Å²) in [6, 6.07) is 21.5. The molecule has 8 heteroatoms. The van der Waals surface area contributed by atoms with E-state index in [0.29, 0.717) is 5.11 Å². The Balaban J connectivity index is 1.64. The van der Waals surface area contributed by atoms with Crippen LogP contribution >= 0.6 is 12.2 Å². The van der Waals surface area contributed by atoms with Gasteiger partial charge in [-0.3, -0.25) is 14.8 Å². The summed E-state index contributed by atoms with van der Waals surface area (Å²) < 4.78 is 2.21. The van der Waals surface area contributed by atoms with Crippen molar-refractivity contribution in [3.8, 4) is 5.69 Å². The molecule has 0 aliphatic carbocycles. The lowest BCUT2D eigenvalue weighted by Crippen LogP contribution is -2.30. The number of rotatable bonds is 5. The monoisotopic (exact) mass is 468 g/mol. The van der Waals surface area contributed by atoms with Crippen molar-refractivity contribution in [2.24, 2.45) is 0 Å². The molecule has 1 aliphatic rings. The van der Waals surface area contributed by atoms with Crippen molar-refractivity contribution in [1.29, 1.82) is 0 Å². The highest BCUT2D eigenvalue weighted by Gasteiger charge is 2.42. The van der Waals surface area contributed by atoms with E-state index in [1.807, 2.05) is 60.8 Å². The molecule has 1 aliphatic heterocycles. The van der Waals surface area contributed by atoms with E-state index in [4.69, 9.17) is 12.2 Å². The van der Waals surface area contributed by atoms with Crippen molar-refractivity contribution in [3.05, 3.63) is 102 Å². The lowest BCUT2D eigenvalue weighted by molar-refractivity contribution is -0.114. The number of aromatic nitrogens is 3. The number of hydrogen-bond acceptors (Lipinski definition) is 4. The Morgan fingerprint density at radius 3 is 2.50 bits per heavy atom. The molecule has 4 aromatic rings. The van der Waals surface area contributed by atoms with E-state index in [2.05, 4.69) is 49.1 Å². The normalized spacial score (nSPS) is 17.5. The van der Waals surface area contributed by atoms with Gasteiger partial charge in [-0.2, -0.15) is 0 Å². The average Bonchev–Trinajstić information content (AvgIpc) is 3.39. The molecule has 3 aromatic heterocycles. The number of nitrogens with zero attached hydrogens (tertiary/aromatic N) is 4. The van der Waals surface area contributed by atoms with Crippen LogP contribution in [0.3, 0.4) is 0 Å². The summed E-state index contributed by atoms with van der Waals surface area (Å²) in [4.78, 5) is 22.5. The maximum Gasteiger partial charge on any atom is 0.221 e. The molecule has 0 bridgehead atoms. The Bertz CT molecular complexity index is 1320. The van der Waals surface area contributed by atoms with Crippen molar-refractivity contribution < 1.29 is 4.79 Å². The van der Waals surface area contributed by atoms with Crippen LogP contribution in [0.5, 0.6) is 0 Å². The molecule has 0 saturated carbocycles. The first kappa shape index (κ1) is 21.8. The number of aryl methyl sites for hydroxylation is 1. The summed E-state index contributed by atoms with van der Waals surface area (Å²) in [7, 11) is 0. The van der Waals surface area contributed by atoms with Crippen molar-refractivity contribution in [3.63, 3.8) is 0 Å². The maximum atomic E-state index is 11.5. The molecule has 0 radical (unpaired) electrons. The zero-order valence-corrected chi connectivity index (χ0v) is 19.7. The minimum atomic E-state index is -0.164. The number of hydrogen-bond donors (Lipinski definition) is 2. The first-order valence-electron chi connectivity index (χ1n) is 11.0. The molecule has 1 amide bonds. The first-order valence-corrected chi connectivity index (χ1v) is 11.4. The second kappa shape index (κ2) is 9.07. The van der Waals surface area contributed by atoms with E-state index in [1.54, 1.807) is 12.4 Å². The van der Waals surface area contributed by atoms with Crippen LogP contribution in [-0.2, 0) is 4.79 Å². The minimum Gasteiger partial charge on any atom is -0.351 e. The van der Waals surface area contributed by atoms with Gasteiger partial charge in [-0.15, -0.1) is 0 Å². The highest BCUT2D eigenvalue weighted by Crippen LogP contribution is 2.42. The third-order valence-corrected chi connectivity index (χ3v) is 6.19. The third kappa shape index (κ3) is 4.04. The number of benzene rings is 1. The predicted octanol–water partition coefficient (Wildman–Crippen LogP) is 4.71. The predicted molar refractivity (Wildman–Crippen MR) is 137 cm³/mol. The largest absolute Gasteiger partial charge is 0.351 e. The molecule has 5 rings (SSSR count). The summed E-state index contributed by atoms with van der Waals surface area (Å²) in [5.41, 5.74) is 5.72. The van der Waals surface area contributed by atoms with Gasteiger partial charge in [0, 0.05) is 42.1 Å². The topological polar surface area (TPSA) is 75.1 Å². The van der Waals surface area contributed by atoms with Crippen molar-refractivity contribution in [2.75, 3.05) is 10.2 Å². The highest BCUT2D eigenvalue weighted by molar-refractivity contribution is 7.80. The summed E-state index contributed by atoms with van der Waals surface area (Å²) in [5.74, 6) is -0.107. The Labute approximate surface area is 203 Å². The molecule has 0 spiro atoms. The van der Waals surface area contributed by atoms with Gasteiger partial charge in [0.15, 0.2) is 5.11 Å². The van der Waals surface area contributed by atoms with Gasteiger partial charge < -0.3 is 20.1 Å². The van der Waals surface area contributed by atoms with E-state index in [-0.39, 0.29) is 18.0 Å². The van der Waals surface area contributed by atoms with E-state index < -0.39 is 0 Å². The lowest BCUT2D eigenvalue weighted by Gasteiger charge is -2.29. The number of anilines is 2. The summed E-state index contributed by atoms with van der Waals surface area (Å²) in [6.45, 7) is 3.58. The lowest BCUT2D eigenvalue weighted by atomic mass is 10.0. The van der Waals surface area contributed by atoms with Gasteiger partial charge in [0.05, 0.1) is 23.6 Å². The van der Waals surface area contributed by atoms with E-state index in [9.17, 15) is 4.79 Å². The quantitative estimate of drug-likeness (QED) is 0.413. The Kier molecular flexibility index (Phi) is 5.81. The van der Waals surface area contributed by atoms with E-state index in [1.165, 1.54) is 6.92 Å². The number of nitrogens with one attached hydrogen (secondary N) is 2. The van der Waals surface area contributed by atoms with Crippen LogP contribution in [0, 0.1) is 6.92 Å². The van der Waals surface area contributed by atoms with Gasteiger partial charge in [-0.1, -0.05) is 6.07 Å². The molecule has 0 unspecified atom stereocenters. The summed E-state index contributed by atoms with van der Waals surface area (Å²) in [6.07, 6.45) is 5.43. The minimum absolute atomic E-state index is 0.107. The molecule has 2 N–H and O–H groups in total. The molecule has 170 valence electrons. The number of carbonyl (C=O) groups is 1. The highest BCUT2D eigenvalue weighted by atomic mass is 32.1. The summed E-state index contributed by atoms with van der Waals surface area (Å²) >= 11 is 5.84. The van der Waals surface area contributed by atoms with Gasteiger partial charge in [-0.25, -0.2) is 0 Å². The molecule has 1 saturated heterocycles. The van der Waals surface area contributed by atoms with Crippen LogP contribution in [0.25, 0.3) is 5.69 Å². The molecule has 7 nitrogen and oxygen atoms in total. The van der Waals surface area contributed by atoms with Crippen LogP contribution in [0.1, 0.15) is 36.1 Å². The van der Waals surface area contributed by atoms with Crippen molar-refractivity contribution in [2.45, 2.75) is 25.9 Å². The van der Waals surface area contributed by atoms with Crippen molar-refractivity contribution >= 4 is 34.6 Å². The Hall–Kier alpha value is -4.04. The zero-order chi connectivity index (χ0) is 23.7. The van der Waals surface area contributed by atoms with Crippen LogP contribution in [0.2, 0.25) is 0 Å². The van der Waals surface area contributed by atoms with Gasteiger partial charge >= 0.3 is 0 Å². The van der Waals surface area contributed by atoms with Crippen LogP contribution < -0.4 is 15.5 Å². The molecule has 1 aromatic carbocycles. The Morgan fingerprint density at radius 2 is 1.82 bits per heavy atom. The van der Waals surface area contributed by atoms with E-state index >= 15 is 0 Å². The van der Waals surface area contributed by atoms with Crippen LogP contribution in [0.15, 0.2) is 85.3 Å². The van der Waals surface area contributed by atoms with Crippen LogP contribution in [-0.4, -0.2) is 25.6 Å². The van der Waals surface area contributed by atoms with Gasteiger partial charge in [0.25, 0.3) is 0 Å². The molecular formula is C26H24N6OS. The third-order valence-electron chi connectivity index (χ3n) is 5.88. The SMILES string of the molecule is CC(=O)Nc1ccc(N2C(=S)N[C@@H](c3ccccn3)[C@H]2c2ccc(C)n2-c2cccnc2)cc1. The maximum absolute atomic E-state index is 11.5. The molecule has 34 heavy (non-hydrogen) atoms. The second-order valence-electron chi connectivity index (χ2n) is 8.17. The standard InChI is InChI=1S/C26H24N6OS/c1-17-8-13-23(31(17)21-6-5-14-27-16-21)25-24(22-7-3-4-15-28-22)30-26(34)32(25)20-11-9-19(10-12-20)29-18(2)33/h3-16,24-25H,1-2H3,(H,29,33)(H,30,34)/t24-,25+/m0/s1. The molecule has 1 fully saturated rings. The first-order chi connectivity index (χ1) is 16.5. The fraction of sp³-hybridized carbons (Fsp3) is 0.154. The fourth-order valence-corrected chi connectivity index (χ4v) is 4.82. The van der Waals surface area contributed by atoms with Crippen LogP contribution in [0.4, 0.5) is 11.4 Å². The fourth-order valence-electron chi connectivity index (χ4n) is 4.47. The number of amides is 1. The zero-order valence-electron chi connectivity index (χ0n) is 18.8. The molecule has 2 atom stereocenters. The van der Waals surface area contributed by atoms with Gasteiger partial charge in [0.2, 0.25) is 5.91 Å². The molecular weight excluding hydrogens is 444 g/mol. The van der Waals surface area contributed by atoms with Crippen molar-refractivity contribution in [1.82, 2.24) is 19.9 Å².